The molecule has 0 aliphatic rings. The third-order valence-electron chi connectivity index (χ3n) is 2.96. The molecule has 102 valence electrons. The topological polar surface area (TPSA) is 35.2 Å². The molecule has 0 saturated heterocycles. The van der Waals surface area contributed by atoms with Gasteiger partial charge in [-0.15, -0.1) is 23.1 Å². The lowest BCUT2D eigenvalue weighted by atomic mass is 10.1. The van der Waals surface area contributed by atoms with Crippen LogP contribution in [0.2, 0.25) is 0 Å². The Morgan fingerprint density at radius 2 is 1.89 bits per heavy atom. The van der Waals surface area contributed by atoms with Crippen molar-refractivity contribution < 1.29 is 4.74 Å². The second-order valence-electron chi connectivity index (χ2n) is 4.54. The third kappa shape index (κ3) is 3.53. The molecule has 2 rings (SSSR count). The molecule has 4 heteroatoms. The van der Waals surface area contributed by atoms with E-state index in [1.54, 1.807) is 23.1 Å². The molecule has 0 aliphatic heterocycles. The van der Waals surface area contributed by atoms with Gasteiger partial charge in [0.15, 0.2) is 0 Å². The van der Waals surface area contributed by atoms with Crippen LogP contribution in [0.25, 0.3) is 0 Å². The summed E-state index contributed by atoms with van der Waals surface area (Å²) >= 11 is 3.43. The van der Waals surface area contributed by atoms with Crippen LogP contribution in [0.1, 0.15) is 23.5 Å². The summed E-state index contributed by atoms with van der Waals surface area (Å²) < 4.78 is 6.08. The summed E-state index contributed by atoms with van der Waals surface area (Å²) in [5, 5.41) is 2.08. The Hall–Kier alpha value is -0.970. The van der Waals surface area contributed by atoms with Crippen molar-refractivity contribution in [3.8, 4) is 5.75 Å². The molecule has 0 spiro atoms. The van der Waals surface area contributed by atoms with Crippen molar-refractivity contribution in [1.82, 2.24) is 0 Å². The highest BCUT2D eigenvalue weighted by Crippen LogP contribution is 2.31. The number of ether oxygens (including phenoxy) is 1. The van der Waals surface area contributed by atoms with E-state index in [-0.39, 0.29) is 12.1 Å². The zero-order valence-electron chi connectivity index (χ0n) is 11.4. The van der Waals surface area contributed by atoms with Gasteiger partial charge in [0.05, 0.1) is 0 Å². The highest BCUT2D eigenvalue weighted by molar-refractivity contribution is 7.98. The van der Waals surface area contributed by atoms with E-state index < -0.39 is 0 Å². The van der Waals surface area contributed by atoms with Gasteiger partial charge in [0.25, 0.3) is 0 Å². The van der Waals surface area contributed by atoms with Gasteiger partial charge in [-0.05, 0) is 61.4 Å². The summed E-state index contributed by atoms with van der Waals surface area (Å²) in [6.45, 7) is 4.08. The molecule has 2 nitrogen and oxygen atoms in total. The molecule has 0 fully saturated rings. The largest absolute Gasteiger partial charge is 0.483 e. The Balaban J connectivity index is 2.19. The molecule has 19 heavy (non-hydrogen) atoms. The van der Waals surface area contributed by atoms with Gasteiger partial charge >= 0.3 is 0 Å². The molecule has 1 heterocycles. The van der Waals surface area contributed by atoms with Gasteiger partial charge in [-0.3, -0.25) is 0 Å². The molecule has 1 aromatic heterocycles. The summed E-state index contributed by atoms with van der Waals surface area (Å²) in [6.07, 6.45) is 1.98. The lowest BCUT2D eigenvalue weighted by Gasteiger charge is -2.22. The van der Waals surface area contributed by atoms with Crippen LogP contribution in [0.4, 0.5) is 0 Å². The normalized spacial score (nSPS) is 14.1. The summed E-state index contributed by atoms with van der Waals surface area (Å²) in [7, 11) is 0. The number of benzene rings is 1. The molecule has 0 aliphatic carbocycles. The first-order chi connectivity index (χ1) is 9.11. The van der Waals surface area contributed by atoms with Crippen molar-refractivity contribution >= 4 is 23.1 Å². The van der Waals surface area contributed by atoms with E-state index in [1.807, 2.05) is 19.1 Å². The fourth-order valence-electron chi connectivity index (χ4n) is 1.88. The van der Waals surface area contributed by atoms with Crippen molar-refractivity contribution in [3.05, 3.63) is 46.2 Å². The number of hydrogen-bond donors (Lipinski definition) is 1. The van der Waals surface area contributed by atoms with Gasteiger partial charge in [0, 0.05) is 15.8 Å². The van der Waals surface area contributed by atoms with E-state index >= 15 is 0 Å². The third-order valence-corrected chi connectivity index (χ3v) is 4.78. The molecule has 1 aromatic carbocycles. The van der Waals surface area contributed by atoms with Gasteiger partial charge in [0.2, 0.25) is 0 Å². The van der Waals surface area contributed by atoms with Crippen LogP contribution >= 0.6 is 23.1 Å². The predicted molar refractivity (Wildman–Crippen MR) is 84.3 cm³/mol. The Labute approximate surface area is 123 Å². The van der Waals surface area contributed by atoms with E-state index in [0.717, 1.165) is 5.75 Å². The van der Waals surface area contributed by atoms with E-state index in [1.165, 1.54) is 15.3 Å². The second-order valence-corrected chi connectivity index (χ2v) is 6.37. The fourth-order valence-corrected chi connectivity index (χ4v) is 3.35. The fraction of sp³-hybridized carbons (Fsp3) is 0.333. The van der Waals surface area contributed by atoms with E-state index in [0.29, 0.717) is 0 Å². The number of rotatable bonds is 5. The average molecular weight is 293 g/mol. The molecule has 0 bridgehead atoms. The van der Waals surface area contributed by atoms with Crippen molar-refractivity contribution in [3.63, 3.8) is 0 Å². The van der Waals surface area contributed by atoms with E-state index in [9.17, 15) is 0 Å². The maximum absolute atomic E-state index is 6.08. The van der Waals surface area contributed by atoms with Crippen molar-refractivity contribution in [2.75, 3.05) is 6.26 Å². The van der Waals surface area contributed by atoms with E-state index in [2.05, 4.69) is 36.8 Å². The highest BCUT2D eigenvalue weighted by atomic mass is 32.2. The Kier molecular flexibility index (Phi) is 4.91. The van der Waals surface area contributed by atoms with Gasteiger partial charge in [-0.2, -0.15) is 0 Å². The summed E-state index contributed by atoms with van der Waals surface area (Å²) in [4.78, 5) is 2.45. The monoisotopic (exact) mass is 293 g/mol. The first-order valence-electron chi connectivity index (χ1n) is 6.22. The average Bonchev–Trinajstić information content (AvgIpc) is 2.82. The molecule has 0 saturated carbocycles. The number of thiophene rings is 1. The van der Waals surface area contributed by atoms with Crippen LogP contribution in [0.15, 0.2) is 40.6 Å². The Bertz CT molecular complexity index is 519. The summed E-state index contributed by atoms with van der Waals surface area (Å²) in [6, 6.07) is 10.2. The SMILES string of the molecule is CSc1ccc(OC(c2sccc2C)C(C)N)cc1. The van der Waals surface area contributed by atoms with Crippen molar-refractivity contribution in [2.45, 2.75) is 30.9 Å². The number of nitrogens with two attached hydrogens (primary N) is 1. The quantitative estimate of drug-likeness (QED) is 0.837. The molecule has 2 N–H and O–H groups in total. The van der Waals surface area contributed by atoms with Crippen LogP contribution < -0.4 is 10.5 Å². The Morgan fingerprint density at radius 1 is 1.21 bits per heavy atom. The highest BCUT2D eigenvalue weighted by Gasteiger charge is 2.21. The number of hydrogen-bond acceptors (Lipinski definition) is 4. The van der Waals surface area contributed by atoms with Gasteiger partial charge in [-0.1, -0.05) is 0 Å². The second kappa shape index (κ2) is 6.46. The minimum Gasteiger partial charge on any atom is -0.483 e. The molecular formula is C15H19NOS2. The predicted octanol–water partition coefficient (Wildman–Crippen LogP) is 4.25. The molecule has 2 aromatic rings. The molecule has 0 radical (unpaired) electrons. The smallest absolute Gasteiger partial charge is 0.148 e. The Morgan fingerprint density at radius 3 is 2.37 bits per heavy atom. The van der Waals surface area contributed by atoms with Crippen LogP contribution in [-0.2, 0) is 0 Å². The van der Waals surface area contributed by atoms with Gasteiger partial charge in [0.1, 0.15) is 11.9 Å². The zero-order valence-corrected chi connectivity index (χ0v) is 13.1. The van der Waals surface area contributed by atoms with Crippen molar-refractivity contribution in [1.29, 1.82) is 0 Å². The van der Waals surface area contributed by atoms with Crippen LogP contribution in [0.3, 0.4) is 0 Å². The molecule has 2 atom stereocenters. The number of aryl methyl sites for hydroxylation is 1. The van der Waals surface area contributed by atoms with Crippen LogP contribution in [-0.4, -0.2) is 12.3 Å². The summed E-state index contributed by atoms with van der Waals surface area (Å²) in [5.41, 5.74) is 7.32. The van der Waals surface area contributed by atoms with Gasteiger partial charge < -0.3 is 10.5 Å². The van der Waals surface area contributed by atoms with Crippen molar-refractivity contribution in [2.24, 2.45) is 5.73 Å². The van der Waals surface area contributed by atoms with E-state index in [4.69, 9.17) is 10.5 Å². The maximum atomic E-state index is 6.08. The standard InChI is InChI=1S/C15H19NOS2/c1-10-8-9-19-15(10)14(11(2)16)17-12-4-6-13(18-3)7-5-12/h4-9,11,14H,16H2,1-3H3. The minimum absolute atomic E-state index is 0.0439. The molecular weight excluding hydrogens is 274 g/mol. The van der Waals surface area contributed by atoms with Crippen LogP contribution in [0, 0.1) is 6.92 Å². The lowest BCUT2D eigenvalue weighted by Crippen LogP contribution is -2.28. The maximum Gasteiger partial charge on any atom is 0.148 e. The minimum atomic E-state index is -0.0832. The first kappa shape index (κ1) is 14.4. The molecule has 2 unspecified atom stereocenters. The van der Waals surface area contributed by atoms with Crippen LogP contribution in [0.5, 0.6) is 5.75 Å². The molecule has 0 amide bonds. The van der Waals surface area contributed by atoms with Gasteiger partial charge in [-0.25, -0.2) is 0 Å². The first-order valence-corrected chi connectivity index (χ1v) is 8.32. The summed E-state index contributed by atoms with van der Waals surface area (Å²) in [5.74, 6) is 0.868. The number of thioether (sulfide) groups is 1. The zero-order chi connectivity index (χ0) is 13.8. The lowest BCUT2D eigenvalue weighted by molar-refractivity contribution is 0.183.